The lowest BCUT2D eigenvalue weighted by molar-refractivity contribution is -0.135. The second-order valence-electron chi connectivity index (χ2n) is 8.60. The maximum Gasteiger partial charge on any atom is 0.251 e. The molecule has 0 radical (unpaired) electrons. The fraction of sp³-hybridized carbons (Fsp3) is 0.417. The van der Waals surface area contributed by atoms with Gasteiger partial charge in [0.05, 0.1) is 4.90 Å². The van der Waals surface area contributed by atoms with Crippen molar-refractivity contribution in [2.45, 2.75) is 38.6 Å². The molecule has 0 aromatic heterocycles. The molecule has 2 aromatic rings. The van der Waals surface area contributed by atoms with E-state index < -0.39 is 16.1 Å². The number of sulfonamides is 1. The predicted molar refractivity (Wildman–Crippen MR) is 124 cm³/mol. The zero-order chi connectivity index (χ0) is 23.5. The first kappa shape index (κ1) is 23.9. The molecule has 0 saturated carbocycles. The topological polar surface area (TPSA) is 86.8 Å². The number of carbonyl (C=O) groups is 2. The molecule has 8 heteroatoms. The molecule has 0 unspecified atom stereocenters. The minimum Gasteiger partial charge on any atom is -0.340 e. The molecule has 2 aromatic carbocycles. The fourth-order valence-electron chi connectivity index (χ4n) is 3.65. The van der Waals surface area contributed by atoms with E-state index in [2.05, 4.69) is 5.32 Å². The lowest BCUT2D eigenvalue weighted by Crippen LogP contribution is -2.57. The first-order chi connectivity index (χ1) is 15.1. The summed E-state index contributed by atoms with van der Waals surface area (Å²) >= 11 is 0. The standard InChI is InChI=1S/C24H31N3O4S/c1-17(2)22(25-23(28)20-9-5-18(3)6-10-20)24(29)26-13-15-27(16-14-26)32(30,31)21-11-7-19(4)8-12-21/h5-12,17,22H,13-16H2,1-4H3,(H,25,28)/t22-/m1/s1. The van der Waals surface area contributed by atoms with Gasteiger partial charge < -0.3 is 10.2 Å². The molecule has 172 valence electrons. The van der Waals surface area contributed by atoms with Crippen LogP contribution in [0.25, 0.3) is 0 Å². The molecule has 1 aliphatic rings. The van der Waals surface area contributed by atoms with E-state index in [4.69, 9.17) is 0 Å². The van der Waals surface area contributed by atoms with E-state index in [9.17, 15) is 18.0 Å². The van der Waals surface area contributed by atoms with Crippen LogP contribution in [-0.4, -0.2) is 61.7 Å². The Morgan fingerprint density at radius 2 is 1.34 bits per heavy atom. The Kier molecular flexibility index (Phi) is 7.36. The van der Waals surface area contributed by atoms with Crippen LogP contribution in [0.1, 0.15) is 35.3 Å². The molecule has 32 heavy (non-hydrogen) atoms. The molecule has 1 aliphatic heterocycles. The summed E-state index contributed by atoms with van der Waals surface area (Å²) in [6.07, 6.45) is 0. The van der Waals surface area contributed by atoms with Gasteiger partial charge in [-0.25, -0.2) is 8.42 Å². The Bertz CT molecular complexity index is 1060. The van der Waals surface area contributed by atoms with Crippen LogP contribution in [0.2, 0.25) is 0 Å². The van der Waals surface area contributed by atoms with Crippen molar-refractivity contribution in [3.05, 3.63) is 65.2 Å². The van der Waals surface area contributed by atoms with Crippen LogP contribution in [0.4, 0.5) is 0 Å². The van der Waals surface area contributed by atoms with Crippen molar-refractivity contribution in [2.24, 2.45) is 5.92 Å². The van der Waals surface area contributed by atoms with Gasteiger partial charge in [-0.05, 0) is 44.0 Å². The molecule has 1 saturated heterocycles. The normalized spacial score (nSPS) is 16.1. The molecular weight excluding hydrogens is 426 g/mol. The van der Waals surface area contributed by atoms with Crippen LogP contribution in [0.5, 0.6) is 0 Å². The molecule has 7 nitrogen and oxygen atoms in total. The van der Waals surface area contributed by atoms with Crippen molar-refractivity contribution in [2.75, 3.05) is 26.2 Å². The monoisotopic (exact) mass is 457 g/mol. The van der Waals surface area contributed by atoms with Crippen molar-refractivity contribution in [1.82, 2.24) is 14.5 Å². The highest BCUT2D eigenvalue weighted by Gasteiger charge is 2.34. The number of hydrogen-bond donors (Lipinski definition) is 1. The average molecular weight is 458 g/mol. The van der Waals surface area contributed by atoms with Crippen LogP contribution in [-0.2, 0) is 14.8 Å². The van der Waals surface area contributed by atoms with Crippen LogP contribution >= 0.6 is 0 Å². The number of nitrogens with one attached hydrogen (secondary N) is 1. The van der Waals surface area contributed by atoms with Gasteiger partial charge in [-0.2, -0.15) is 4.31 Å². The fourth-order valence-corrected chi connectivity index (χ4v) is 5.07. The first-order valence-corrected chi connectivity index (χ1v) is 12.3. The highest BCUT2D eigenvalue weighted by atomic mass is 32.2. The minimum absolute atomic E-state index is 0.105. The van der Waals surface area contributed by atoms with E-state index in [0.717, 1.165) is 11.1 Å². The molecule has 1 heterocycles. The smallest absolute Gasteiger partial charge is 0.251 e. The molecule has 0 aliphatic carbocycles. The van der Waals surface area contributed by atoms with E-state index in [1.54, 1.807) is 41.3 Å². The van der Waals surface area contributed by atoms with Crippen molar-refractivity contribution in [3.63, 3.8) is 0 Å². The summed E-state index contributed by atoms with van der Waals surface area (Å²) in [6, 6.07) is 13.3. The van der Waals surface area contributed by atoms with E-state index in [0.29, 0.717) is 5.56 Å². The number of carbonyl (C=O) groups excluding carboxylic acids is 2. The molecule has 2 amide bonds. The number of rotatable bonds is 6. The molecule has 1 N–H and O–H groups in total. The molecule has 1 fully saturated rings. The third kappa shape index (κ3) is 5.37. The number of piperazine rings is 1. The Labute approximate surface area is 190 Å². The van der Waals surface area contributed by atoms with Gasteiger partial charge in [-0.1, -0.05) is 49.2 Å². The highest BCUT2D eigenvalue weighted by Crippen LogP contribution is 2.19. The third-order valence-electron chi connectivity index (χ3n) is 5.74. The summed E-state index contributed by atoms with van der Waals surface area (Å²) in [5.74, 6) is -0.586. The van der Waals surface area contributed by atoms with Crippen LogP contribution in [0.15, 0.2) is 53.4 Å². The number of amides is 2. The number of hydrogen-bond acceptors (Lipinski definition) is 4. The first-order valence-electron chi connectivity index (χ1n) is 10.8. The van der Waals surface area contributed by atoms with Crippen LogP contribution in [0.3, 0.4) is 0 Å². The SMILES string of the molecule is Cc1ccc(C(=O)N[C@@H](C(=O)N2CCN(S(=O)(=O)c3ccc(C)cc3)CC2)C(C)C)cc1. The van der Waals surface area contributed by atoms with E-state index >= 15 is 0 Å². The maximum atomic E-state index is 13.2. The Hall–Kier alpha value is -2.71. The van der Waals surface area contributed by atoms with Gasteiger partial charge in [0.2, 0.25) is 15.9 Å². The van der Waals surface area contributed by atoms with Crippen LogP contribution in [0, 0.1) is 19.8 Å². The van der Waals surface area contributed by atoms with Gasteiger partial charge in [-0.15, -0.1) is 0 Å². The van der Waals surface area contributed by atoms with Gasteiger partial charge in [0, 0.05) is 31.7 Å². The molecule has 0 spiro atoms. The van der Waals surface area contributed by atoms with Gasteiger partial charge in [0.25, 0.3) is 5.91 Å². The van der Waals surface area contributed by atoms with Gasteiger partial charge in [-0.3, -0.25) is 9.59 Å². The second-order valence-corrected chi connectivity index (χ2v) is 10.5. The minimum atomic E-state index is -3.60. The summed E-state index contributed by atoms with van der Waals surface area (Å²) in [6.45, 7) is 8.63. The number of benzene rings is 2. The Morgan fingerprint density at radius 1 is 0.844 bits per heavy atom. The summed E-state index contributed by atoms with van der Waals surface area (Å²) in [5, 5.41) is 2.86. The summed E-state index contributed by atoms with van der Waals surface area (Å²) < 4.78 is 27.2. The lowest BCUT2D eigenvalue weighted by atomic mass is 10.0. The predicted octanol–water partition coefficient (Wildman–Crippen LogP) is 2.59. The zero-order valence-electron chi connectivity index (χ0n) is 19.0. The second kappa shape index (κ2) is 9.83. The van der Waals surface area contributed by atoms with E-state index in [-0.39, 0.29) is 48.8 Å². The Balaban J connectivity index is 1.65. The Morgan fingerprint density at radius 3 is 1.84 bits per heavy atom. The lowest BCUT2D eigenvalue weighted by Gasteiger charge is -2.36. The molecule has 3 rings (SSSR count). The van der Waals surface area contributed by atoms with E-state index in [1.165, 1.54) is 4.31 Å². The number of aryl methyl sites for hydroxylation is 2. The maximum absolute atomic E-state index is 13.2. The van der Waals surface area contributed by atoms with Crippen molar-refractivity contribution in [1.29, 1.82) is 0 Å². The van der Waals surface area contributed by atoms with Gasteiger partial charge in [0.1, 0.15) is 6.04 Å². The van der Waals surface area contributed by atoms with Crippen molar-refractivity contribution < 1.29 is 18.0 Å². The van der Waals surface area contributed by atoms with E-state index in [1.807, 2.05) is 39.8 Å². The van der Waals surface area contributed by atoms with Crippen molar-refractivity contribution in [3.8, 4) is 0 Å². The summed E-state index contributed by atoms with van der Waals surface area (Å²) in [7, 11) is -3.60. The summed E-state index contributed by atoms with van der Waals surface area (Å²) in [5.41, 5.74) is 2.55. The quantitative estimate of drug-likeness (QED) is 0.722. The highest BCUT2D eigenvalue weighted by molar-refractivity contribution is 7.89. The van der Waals surface area contributed by atoms with Gasteiger partial charge >= 0.3 is 0 Å². The van der Waals surface area contributed by atoms with Crippen molar-refractivity contribution >= 4 is 21.8 Å². The third-order valence-corrected chi connectivity index (χ3v) is 7.66. The largest absolute Gasteiger partial charge is 0.340 e. The summed E-state index contributed by atoms with van der Waals surface area (Å²) in [4.78, 5) is 27.7. The molecule has 1 atom stereocenters. The zero-order valence-corrected chi connectivity index (χ0v) is 19.9. The van der Waals surface area contributed by atoms with Gasteiger partial charge in [0.15, 0.2) is 0 Å². The van der Waals surface area contributed by atoms with Crippen LogP contribution < -0.4 is 5.32 Å². The average Bonchev–Trinajstić information content (AvgIpc) is 2.77. The number of nitrogens with zero attached hydrogens (tertiary/aromatic N) is 2. The molecular formula is C24H31N3O4S. The molecule has 0 bridgehead atoms.